The number of hydrogen-bond donors (Lipinski definition) is 2. The van der Waals surface area contributed by atoms with Gasteiger partial charge in [0.05, 0.1) is 17.2 Å². The molecule has 1 aromatic carbocycles. The van der Waals surface area contributed by atoms with Crippen LogP contribution in [0.4, 0.5) is 11.4 Å². The molecule has 1 unspecified atom stereocenters. The quantitative estimate of drug-likeness (QED) is 0.584. The molecule has 0 aliphatic rings. The SMILES string of the molecule is CS(=O)(=O)c1cc(NC(CCO)c2ccco2)ccc1[N+](=O)[O-]. The fourth-order valence-corrected chi connectivity index (χ4v) is 3.02. The van der Waals surface area contributed by atoms with Crippen molar-refractivity contribution in [1.29, 1.82) is 0 Å². The number of nitro benzene ring substituents is 1. The molecule has 1 atom stereocenters. The monoisotopic (exact) mass is 340 g/mol. The average molecular weight is 340 g/mol. The van der Waals surface area contributed by atoms with Gasteiger partial charge in [0.1, 0.15) is 10.7 Å². The average Bonchev–Trinajstić information content (AvgIpc) is 2.99. The highest BCUT2D eigenvalue weighted by molar-refractivity contribution is 7.90. The molecule has 0 fully saturated rings. The number of nitro groups is 1. The number of benzene rings is 1. The van der Waals surface area contributed by atoms with Crippen molar-refractivity contribution in [2.45, 2.75) is 17.4 Å². The van der Waals surface area contributed by atoms with Crippen LogP contribution in [0.1, 0.15) is 18.2 Å². The van der Waals surface area contributed by atoms with E-state index in [0.717, 1.165) is 12.3 Å². The summed E-state index contributed by atoms with van der Waals surface area (Å²) in [5.74, 6) is 0.568. The number of furan rings is 1. The predicted octanol–water partition coefficient (Wildman–Crippen LogP) is 2.13. The summed E-state index contributed by atoms with van der Waals surface area (Å²) >= 11 is 0. The minimum Gasteiger partial charge on any atom is -0.467 e. The largest absolute Gasteiger partial charge is 0.467 e. The molecule has 1 heterocycles. The van der Waals surface area contributed by atoms with E-state index >= 15 is 0 Å². The second kappa shape index (κ2) is 6.80. The maximum Gasteiger partial charge on any atom is 0.288 e. The van der Waals surface area contributed by atoms with Crippen molar-refractivity contribution in [1.82, 2.24) is 0 Å². The first kappa shape index (κ1) is 17.0. The van der Waals surface area contributed by atoms with Gasteiger partial charge in [0, 0.05) is 24.6 Å². The van der Waals surface area contributed by atoms with Gasteiger partial charge in [-0.15, -0.1) is 0 Å². The predicted molar refractivity (Wildman–Crippen MR) is 83.0 cm³/mol. The van der Waals surface area contributed by atoms with Crippen LogP contribution in [0.2, 0.25) is 0 Å². The van der Waals surface area contributed by atoms with Crippen LogP contribution in [0.15, 0.2) is 45.9 Å². The summed E-state index contributed by atoms with van der Waals surface area (Å²) in [6, 6.07) is 6.79. The number of nitrogens with zero attached hydrogens (tertiary/aromatic N) is 1. The van der Waals surface area contributed by atoms with Crippen molar-refractivity contribution in [2.75, 3.05) is 18.2 Å². The van der Waals surface area contributed by atoms with Gasteiger partial charge >= 0.3 is 0 Å². The number of sulfone groups is 1. The number of anilines is 1. The van der Waals surface area contributed by atoms with Gasteiger partial charge in [-0.25, -0.2) is 8.42 Å². The topological polar surface area (TPSA) is 123 Å². The van der Waals surface area contributed by atoms with E-state index in [1.807, 2.05) is 0 Å². The summed E-state index contributed by atoms with van der Waals surface area (Å²) in [4.78, 5) is 9.86. The maximum absolute atomic E-state index is 11.8. The lowest BCUT2D eigenvalue weighted by Crippen LogP contribution is -2.12. The molecule has 0 saturated heterocycles. The van der Waals surface area contributed by atoms with E-state index in [2.05, 4.69) is 5.32 Å². The van der Waals surface area contributed by atoms with Crippen molar-refractivity contribution >= 4 is 21.2 Å². The molecule has 0 spiro atoms. The lowest BCUT2D eigenvalue weighted by Gasteiger charge is -2.17. The van der Waals surface area contributed by atoms with Crippen LogP contribution in [0.3, 0.4) is 0 Å². The molecule has 0 aliphatic heterocycles. The van der Waals surface area contributed by atoms with Gasteiger partial charge in [0.25, 0.3) is 5.69 Å². The number of rotatable bonds is 7. The molecule has 2 N–H and O–H groups in total. The lowest BCUT2D eigenvalue weighted by atomic mass is 10.1. The maximum atomic E-state index is 11.8. The molecule has 9 heteroatoms. The van der Waals surface area contributed by atoms with Crippen LogP contribution in [0.5, 0.6) is 0 Å². The van der Waals surface area contributed by atoms with Crippen molar-refractivity contribution < 1.29 is 22.9 Å². The smallest absolute Gasteiger partial charge is 0.288 e. The number of hydrogen-bond acceptors (Lipinski definition) is 7. The molecule has 0 radical (unpaired) electrons. The molecule has 0 saturated carbocycles. The van der Waals surface area contributed by atoms with Gasteiger partial charge in [0.2, 0.25) is 0 Å². The Labute approximate surface area is 132 Å². The number of aliphatic hydroxyl groups is 1. The van der Waals surface area contributed by atoms with Crippen LogP contribution >= 0.6 is 0 Å². The third kappa shape index (κ3) is 4.08. The summed E-state index contributed by atoms with van der Waals surface area (Å²) in [5, 5.41) is 23.1. The Morgan fingerprint density at radius 2 is 2.13 bits per heavy atom. The van der Waals surface area contributed by atoms with E-state index in [0.29, 0.717) is 17.9 Å². The van der Waals surface area contributed by atoms with Gasteiger partial charge in [0.15, 0.2) is 9.84 Å². The Bertz CT molecular complexity index is 786. The third-order valence-corrected chi connectivity index (χ3v) is 4.33. The first-order valence-corrected chi connectivity index (χ1v) is 8.61. The van der Waals surface area contributed by atoms with Gasteiger partial charge in [-0.1, -0.05) is 0 Å². The zero-order chi connectivity index (χ0) is 17.0. The Morgan fingerprint density at radius 3 is 2.65 bits per heavy atom. The van der Waals surface area contributed by atoms with Crippen LogP contribution < -0.4 is 5.32 Å². The Morgan fingerprint density at radius 1 is 1.39 bits per heavy atom. The van der Waals surface area contributed by atoms with Crippen molar-refractivity contribution in [2.24, 2.45) is 0 Å². The molecule has 8 nitrogen and oxygen atoms in total. The first-order valence-electron chi connectivity index (χ1n) is 6.72. The normalized spacial score (nSPS) is 12.8. The van der Waals surface area contributed by atoms with Crippen LogP contribution in [-0.2, 0) is 9.84 Å². The Hall–Kier alpha value is -2.39. The molecule has 23 heavy (non-hydrogen) atoms. The summed E-state index contributed by atoms with van der Waals surface area (Å²) in [7, 11) is -3.76. The van der Waals surface area contributed by atoms with Gasteiger partial charge < -0.3 is 14.8 Å². The summed E-state index contributed by atoms with van der Waals surface area (Å²) in [6.07, 6.45) is 2.73. The minimum atomic E-state index is -3.76. The lowest BCUT2D eigenvalue weighted by molar-refractivity contribution is -0.387. The second-order valence-corrected chi connectivity index (χ2v) is 6.92. The number of aliphatic hydroxyl groups excluding tert-OH is 1. The van der Waals surface area contributed by atoms with E-state index in [-0.39, 0.29) is 17.5 Å². The van der Waals surface area contributed by atoms with E-state index in [1.54, 1.807) is 12.1 Å². The Balaban J connectivity index is 2.38. The molecule has 124 valence electrons. The van der Waals surface area contributed by atoms with Gasteiger partial charge in [-0.2, -0.15) is 0 Å². The minimum absolute atomic E-state index is 0.107. The standard InChI is InChI=1S/C14H16N2O6S/c1-23(20,21)14-9-10(4-5-12(14)16(18)19)15-11(6-7-17)13-3-2-8-22-13/h2-5,8-9,11,15,17H,6-7H2,1H3. The molecule has 0 amide bonds. The molecular weight excluding hydrogens is 324 g/mol. The highest BCUT2D eigenvalue weighted by Gasteiger charge is 2.23. The van der Waals surface area contributed by atoms with Gasteiger partial charge in [-0.05, 0) is 30.7 Å². The first-order chi connectivity index (χ1) is 10.8. The summed E-state index contributed by atoms with van der Waals surface area (Å²) in [5.41, 5.74) is -0.0966. The zero-order valence-corrected chi connectivity index (χ0v) is 13.1. The fraction of sp³-hybridized carbons (Fsp3) is 0.286. The van der Waals surface area contributed by atoms with Crippen LogP contribution in [0, 0.1) is 10.1 Å². The summed E-state index contributed by atoms with van der Waals surface area (Å²) < 4.78 is 28.8. The van der Waals surface area contributed by atoms with Crippen molar-refractivity contribution in [3.8, 4) is 0 Å². The molecule has 2 rings (SSSR count). The van der Waals surface area contributed by atoms with E-state index in [9.17, 15) is 18.5 Å². The molecule has 0 aliphatic carbocycles. The van der Waals surface area contributed by atoms with Crippen molar-refractivity contribution in [3.63, 3.8) is 0 Å². The third-order valence-electron chi connectivity index (χ3n) is 3.20. The highest BCUT2D eigenvalue weighted by atomic mass is 32.2. The molecule has 1 aromatic heterocycles. The summed E-state index contributed by atoms with van der Waals surface area (Å²) in [6.45, 7) is -0.107. The van der Waals surface area contributed by atoms with E-state index in [1.165, 1.54) is 18.4 Å². The van der Waals surface area contributed by atoms with E-state index < -0.39 is 20.4 Å². The van der Waals surface area contributed by atoms with Crippen LogP contribution in [0.25, 0.3) is 0 Å². The van der Waals surface area contributed by atoms with E-state index in [4.69, 9.17) is 9.52 Å². The Kier molecular flexibility index (Phi) is 5.02. The fourth-order valence-electron chi connectivity index (χ4n) is 2.16. The molecule has 2 aromatic rings. The number of nitrogens with one attached hydrogen (secondary N) is 1. The van der Waals surface area contributed by atoms with Crippen LogP contribution in [-0.4, -0.2) is 31.3 Å². The highest BCUT2D eigenvalue weighted by Crippen LogP contribution is 2.30. The molecule has 0 bridgehead atoms. The zero-order valence-electron chi connectivity index (χ0n) is 12.3. The molecular formula is C14H16N2O6S. The second-order valence-electron chi connectivity index (χ2n) is 4.94. The van der Waals surface area contributed by atoms with Gasteiger partial charge in [-0.3, -0.25) is 10.1 Å². The van der Waals surface area contributed by atoms with Crippen molar-refractivity contribution in [3.05, 3.63) is 52.5 Å².